The van der Waals surface area contributed by atoms with Crippen molar-refractivity contribution in [2.45, 2.75) is 33.4 Å². The number of ether oxygens (including phenoxy) is 3. The minimum Gasteiger partial charge on any atom is -0.496 e. The quantitative estimate of drug-likeness (QED) is 0.389. The molecule has 8 heteroatoms. The lowest BCUT2D eigenvalue weighted by atomic mass is 10.1. The van der Waals surface area contributed by atoms with E-state index < -0.39 is 0 Å². The van der Waals surface area contributed by atoms with Gasteiger partial charge in [-0.15, -0.1) is 0 Å². The third kappa shape index (κ3) is 5.55. The van der Waals surface area contributed by atoms with Crippen LogP contribution in [-0.4, -0.2) is 50.7 Å². The number of benzene rings is 1. The highest BCUT2D eigenvalue weighted by molar-refractivity contribution is 5.79. The number of nitrogens with one attached hydrogen (secondary N) is 2. The van der Waals surface area contributed by atoms with E-state index in [-0.39, 0.29) is 0 Å². The molecule has 0 bridgehead atoms. The van der Waals surface area contributed by atoms with Crippen LogP contribution in [0.15, 0.2) is 23.2 Å². The van der Waals surface area contributed by atoms with Crippen LogP contribution < -0.4 is 24.8 Å². The van der Waals surface area contributed by atoms with Crippen molar-refractivity contribution in [2.75, 3.05) is 34.9 Å². The number of nitrogens with zero attached hydrogens (tertiary/aromatic N) is 3. The molecule has 2 aromatic rings. The zero-order valence-corrected chi connectivity index (χ0v) is 17.6. The van der Waals surface area contributed by atoms with Gasteiger partial charge < -0.3 is 24.8 Å². The molecule has 0 radical (unpaired) electrons. The van der Waals surface area contributed by atoms with E-state index in [0.717, 1.165) is 30.8 Å². The smallest absolute Gasteiger partial charge is 0.191 e. The van der Waals surface area contributed by atoms with Crippen LogP contribution in [0.5, 0.6) is 17.2 Å². The number of hydrogen-bond acceptors (Lipinski definition) is 5. The molecule has 0 aliphatic rings. The lowest BCUT2D eigenvalue weighted by Crippen LogP contribution is -2.37. The van der Waals surface area contributed by atoms with Gasteiger partial charge in [-0.3, -0.25) is 9.67 Å². The van der Waals surface area contributed by atoms with Crippen LogP contribution in [0.4, 0.5) is 0 Å². The monoisotopic (exact) mass is 389 g/mol. The van der Waals surface area contributed by atoms with Crippen molar-refractivity contribution in [2.24, 2.45) is 4.99 Å². The van der Waals surface area contributed by atoms with Crippen molar-refractivity contribution in [3.05, 3.63) is 35.2 Å². The summed E-state index contributed by atoms with van der Waals surface area (Å²) in [6, 6.07) is 5.76. The van der Waals surface area contributed by atoms with Crippen molar-refractivity contribution in [1.82, 2.24) is 20.4 Å². The van der Waals surface area contributed by atoms with Crippen molar-refractivity contribution in [1.29, 1.82) is 0 Å². The largest absolute Gasteiger partial charge is 0.496 e. The highest BCUT2D eigenvalue weighted by Crippen LogP contribution is 2.33. The topological polar surface area (TPSA) is 81.9 Å². The molecule has 0 saturated carbocycles. The zero-order valence-electron chi connectivity index (χ0n) is 17.6. The molecule has 0 spiro atoms. The van der Waals surface area contributed by atoms with Crippen LogP contribution >= 0.6 is 0 Å². The highest BCUT2D eigenvalue weighted by atomic mass is 16.5. The van der Waals surface area contributed by atoms with Crippen LogP contribution in [0.2, 0.25) is 0 Å². The van der Waals surface area contributed by atoms with Gasteiger partial charge in [0.05, 0.1) is 39.1 Å². The van der Waals surface area contributed by atoms with Crippen molar-refractivity contribution in [3.63, 3.8) is 0 Å². The number of aromatic nitrogens is 2. The van der Waals surface area contributed by atoms with E-state index in [2.05, 4.69) is 33.7 Å². The third-order valence-electron chi connectivity index (χ3n) is 4.42. The Hall–Kier alpha value is -2.90. The molecule has 1 aromatic carbocycles. The van der Waals surface area contributed by atoms with Gasteiger partial charge in [0.25, 0.3) is 0 Å². The van der Waals surface area contributed by atoms with Crippen LogP contribution in [0.3, 0.4) is 0 Å². The van der Waals surface area contributed by atoms with E-state index in [1.54, 1.807) is 28.4 Å². The summed E-state index contributed by atoms with van der Waals surface area (Å²) in [5.74, 6) is 2.80. The Morgan fingerprint density at radius 2 is 1.71 bits per heavy atom. The number of aliphatic imine (C=N–C) groups is 1. The summed E-state index contributed by atoms with van der Waals surface area (Å²) in [5.41, 5.74) is 3.13. The molecule has 0 amide bonds. The predicted molar refractivity (Wildman–Crippen MR) is 111 cm³/mol. The lowest BCUT2D eigenvalue weighted by molar-refractivity contribution is 0.368. The van der Waals surface area contributed by atoms with Gasteiger partial charge in [0.2, 0.25) is 0 Å². The van der Waals surface area contributed by atoms with Crippen LogP contribution in [-0.2, 0) is 13.1 Å². The first-order chi connectivity index (χ1) is 13.5. The molecule has 0 aliphatic heterocycles. The van der Waals surface area contributed by atoms with Crippen LogP contribution in [0.1, 0.15) is 23.4 Å². The molecule has 0 fully saturated rings. The van der Waals surface area contributed by atoms with Gasteiger partial charge >= 0.3 is 0 Å². The third-order valence-corrected chi connectivity index (χ3v) is 4.42. The van der Waals surface area contributed by atoms with E-state index >= 15 is 0 Å². The van der Waals surface area contributed by atoms with Crippen LogP contribution in [0.25, 0.3) is 0 Å². The fraction of sp³-hybridized carbons (Fsp3) is 0.500. The molecule has 28 heavy (non-hydrogen) atoms. The van der Waals surface area contributed by atoms with Gasteiger partial charge in [-0.25, -0.2) is 0 Å². The fourth-order valence-corrected chi connectivity index (χ4v) is 2.98. The summed E-state index contributed by atoms with van der Waals surface area (Å²) in [6.07, 6.45) is 0.942. The van der Waals surface area contributed by atoms with E-state index in [9.17, 15) is 0 Å². The number of rotatable bonds is 9. The Bertz CT molecular complexity index is 776. The summed E-state index contributed by atoms with van der Waals surface area (Å²) in [7, 11) is 6.62. The van der Waals surface area contributed by atoms with Gasteiger partial charge in [0, 0.05) is 38.0 Å². The molecular formula is C20H31N5O3. The molecule has 2 N–H and O–H groups in total. The lowest BCUT2D eigenvalue weighted by Gasteiger charge is -2.17. The van der Waals surface area contributed by atoms with Crippen molar-refractivity contribution < 1.29 is 14.2 Å². The molecule has 2 rings (SSSR count). The van der Waals surface area contributed by atoms with Crippen molar-refractivity contribution in [3.8, 4) is 17.2 Å². The summed E-state index contributed by atoms with van der Waals surface area (Å²) in [5, 5.41) is 11.1. The Kier molecular flexibility index (Phi) is 7.98. The summed E-state index contributed by atoms with van der Waals surface area (Å²) in [4.78, 5) is 4.28. The van der Waals surface area contributed by atoms with E-state index in [1.165, 1.54) is 5.69 Å². The van der Waals surface area contributed by atoms with E-state index in [4.69, 9.17) is 14.2 Å². The Balaban J connectivity index is 1.90. The Morgan fingerprint density at radius 1 is 1.04 bits per heavy atom. The van der Waals surface area contributed by atoms with Gasteiger partial charge in [-0.2, -0.15) is 5.10 Å². The van der Waals surface area contributed by atoms with E-state index in [0.29, 0.717) is 29.8 Å². The molecule has 0 saturated heterocycles. The number of methoxy groups -OCH3 is 3. The van der Waals surface area contributed by atoms with Gasteiger partial charge in [-0.1, -0.05) is 0 Å². The molecule has 0 aliphatic carbocycles. The van der Waals surface area contributed by atoms with Gasteiger partial charge in [-0.05, 0) is 26.3 Å². The second-order valence-electron chi connectivity index (χ2n) is 6.37. The molecule has 1 aromatic heterocycles. The maximum atomic E-state index is 5.49. The first kappa shape index (κ1) is 21.4. The minimum absolute atomic E-state index is 0.507. The SMILES string of the molecule is CN=C(NCCCn1nc(C)cc1C)NCc1c(OC)cc(OC)cc1OC. The second-order valence-corrected chi connectivity index (χ2v) is 6.37. The normalized spacial score (nSPS) is 11.3. The van der Waals surface area contributed by atoms with E-state index in [1.807, 2.05) is 23.7 Å². The molecule has 8 nitrogen and oxygen atoms in total. The minimum atomic E-state index is 0.507. The first-order valence-electron chi connectivity index (χ1n) is 9.26. The second kappa shape index (κ2) is 10.4. The average Bonchev–Trinajstić information content (AvgIpc) is 3.03. The van der Waals surface area contributed by atoms with Gasteiger partial charge in [0.1, 0.15) is 17.2 Å². The Morgan fingerprint density at radius 3 is 2.21 bits per heavy atom. The molecule has 0 unspecified atom stereocenters. The zero-order chi connectivity index (χ0) is 20.5. The summed E-state index contributed by atoms with van der Waals surface area (Å²) < 4.78 is 18.3. The maximum absolute atomic E-state index is 5.49. The number of guanidine groups is 1. The first-order valence-corrected chi connectivity index (χ1v) is 9.26. The average molecular weight is 390 g/mol. The predicted octanol–water partition coefficient (Wildman–Crippen LogP) is 2.28. The van der Waals surface area contributed by atoms with Crippen molar-refractivity contribution >= 4 is 5.96 Å². The summed E-state index contributed by atoms with van der Waals surface area (Å²) in [6.45, 7) is 6.24. The molecule has 0 atom stereocenters. The number of hydrogen-bond donors (Lipinski definition) is 2. The highest BCUT2D eigenvalue weighted by Gasteiger charge is 2.13. The molecule has 1 heterocycles. The van der Waals surface area contributed by atoms with Gasteiger partial charge in [0.15, 0.2) is 5.96 Å². The standard InChI is InChI=1S/C20H31N5O3/c1-14-10-15(2)25(24-14)9-7-8-22-20(21-3)23-13-17-18(27-5)11-16(26-4)12-19(17)28-6/h10-12H,7-9,13H2,1-6H3,(H2,21,22,23). The Labute approximate surface area is 166 Å². The molecular weight excluding hydrogens is 358 g/mol. The fourth-order valence-electron chi connectivity index (χ4n) is 2.98. The number of aryl methyl sites for hydroxylation is 3. The van der Waals surface area contributed by atoms with Crippen LogP contribution in [0, 0.1) is 13.8 Å². The maximum Gasteiger partial charge on any atom is 0.191 e. The molecule has 154 valence electrons. The summed E-state index contributed by atoms with van der Waals surface area (Å²) >= 11 is 0.